The molecule has 0 saturated heterocycles. The molecule has 0 N–H and O–H groups in total. The minimum Gasteiger partial charge on any atom is -0.493 e. The SMILES string of the molecule is CC(=O)CCc1c2c(cc3c1OCC3)OCC2. The second-order valence-corrected chi connectivity index (χ2v) is 4.72. The van der Waals surface area contributed by atoms with Gasteiger partial charge in [0.05, 0.1) is 13.2 Å². The minimum absolute atomic E-state index is 0.230. The Balaban J connectivity index is 2.02. The Hall–Kier alpha value is -1.51. The highest BCUT2D eigenvalue weighted by atomic mass is 16.5. The smallest absolute Gasteiger partial charge is 0.130 e. The quantitative estimate of drug-likeness (QED) is 0.800. The van der Waals surface area contributed by atoms with Crippen LogP contribution in [0.3, 0.4) is 0 Å². The molecule has 17 heavy (non-hydrogen) atoms. The lowest BCUT2D eigenvalue weighted by atomic mass is 9.95. The summed E-state index contributed by atoms with van der Waals surface area (Å²) in [6, 6.07) is 2.11. The molecule has 0 aromatic heterocycles. The molecule has 0 spiro atoms. The summed E-state index contributed by atoms with van der Waals surface area (Å²) in [7, 11) is 0. The molecule has 0 saturated carbocycles. The maximum absolute atomic E-state index is 11.1. The maximum atomic E-state index is 11.1. The van der Waals surface area contributed by atoms with E-state index in [1.807, 2.05) is 0 Å². The van der Waals surface area contributed by atoms with Crippen LogP contribution in [0.5, 0.6) is 11.5 Å². The average molecular weight is 232 g/mol. The highest BCUT2D eigenvalue weighted by molar-refractivity contribution is 5.76. The summed E-state index contributed by atoms with van der Waals surface area (Å²) >= 11 is 0. The molecule has 3 nitrogen and oxygen atoms in total. The van der Waals surface area contributed by atoms with Crippen LogP contribution in [-0.2, 0) is 24.1 Å². The molecule has 3 rings (SSSR count). The summed E-state index contributed by atoms with van der Waals surface area (Å²) in [4.78, 5) is 11.1. The number of hydrogen-bond donors (Lipinski definition) is 0. The molecule has 0 aliphatic carbocycles. The van der Waals surface area contributed by atoms with Gasteiger partial charge in [0.2, 0.25) is 0 Å². The van der Waals surface area contributed by atoms with Gasteiger partial charge in [-0.2, -0.15) is 0 Å². The predicted molar refractivity (Wildman–Crippen MR) is 63.8 cm³/mol. The number of fused-ring (bicyclic) bond motifs is 2. The third-order valence-corrected chi connectivity index (χ3v) is 3.49. The zero-order valence-corrected chi connectivity index (χ0v) is 10.0. The van der Waals surface area contributed by atoms with Gasteiger partial charge < -0.3 is 14.3 Å². The van der Waals surface area contributed by atoms with Crippen LogP contribution in [0.15, 0.2) is 6.07 Å². The summed E-state index contributed by atoms with van der Waals surface area (Å²) in [5.74, 6) is 2.26. The topological polar surface area (TPSA) is 35.5 Å². The molecule has 3 heteroatoms. The first kappa shape index (κ1) is 10.6. The van der Waals surface area contributed by atoms with Crippen molar-refractivity contribution in [1.29, 1.82) is 0 Å². The van der Waals surface area contributed by atoms with Crippen LogP contribution in [0.1, 0.15) is 30.0 Å². The Morgan fingerprint density at radius 2 is 2.12 bits per heavy atom. The normalized spacial score (nSPS) is 16.1. The monoisotopic (exact) mass is 232 g/mol. The van der Waals surface area contributed by atoms with Gasteiger partial charge in [0.15, 0.2) is 0 Å². The molecule has 0 amide bonds. The highest BCUT2D eigenvalue weighted by Crippen LogP contribution is 2.41. The number of ether oxygens (including phenoxy) is 2. The molecule has 0 bridgehead atoms. The Labute approximate surface area is 101 Å². The molecule has 0 fully saturated rings. The molecular weight excluding hydrogens is 216 g/mol. The van der Waals surface area contributed by atoms with E-state index in [2.05, 4.69) is 6.07 Å². The average Bonchev–Trinajstić information content (AvgIpc) is 2.90. The van der Waals surface area contributed by atoms with Crippen molar-refractivity contribution in [1.82, 2.24) is 0 Å². The van der Waals surface area contributed by atoms with Gasteiger partial charge in [0, 0.05) is 36.0 Å². The van der Waals surface area contributed by atoms with Crippen LogP contribution in [-0.4, -0.2) is 19.0 Å². The molecule has 0 atom stereocenters. The van der Waals surface area contributed by atoms with Crippen molar-refractivity contribution < 1.29 is 14.3 Å². The number of hydrogen-bond acceptors (Lipinski definition) is 3. The van der Waals surface area contributed by atoms with Gasteiger partial charge in [-0.1, -0.05) is 0 Å². The Bertz CT molecular complexity index is 445. The largest absolute Gasteiger partial charge is 0.493 e. The number of rotatable bonds is 3. The molecule has 0 radical (unpaired) electrons. The van der Waals surface area contributed by atoms with Gasteiger partial charge in [-0.25, -0.2) is 0 Å². The summed E-state index contributed by atoms with van der Waals surface area (Å²) in [6.07, 6.45) is 3.27. The van der Waals surface area contributed by atoms with Gasteiger partial charge in [0.1, 0.15) is 17.3 Å². The molecule has 2 aliphatic heterocycles. The molecule has 90 valence electrons. The van der Waals surface area contributed by atoms with Crippen LogP contribution >= 0.6 is 0 Å². The Morgan fingerprint density at radius 1 is 1.29 bits per heavy atom. The van der Waals surface area contributed by atoms with E-state index in [4.69, 9.17) is 9.47 Å². The maximum Gasteiger partial charge on any atom is 0.130 e. The van der Waals surface area contributed by atoms with E-state index >= 15 is 0 Å². The van der Waals surface area contributed by atoms with Crippen LogP contribution in [0.2, 0.25) is 0 Å². The third kappa shape index (κ3) is 1.79. The van der Waals surface area contributed by atoms with Crippen LogP contribution < -0.4 is 9.47 Å². The number of Topliss-reactive ketones (excluding diaryl/α,β-unsaturated/α-hetero) is 1. The summed E-state index contributed by atoms with van der Waals surface area (Å²) in [5, 5.41) is 0. The van der Waals surface area contributed by atoms with E-state index in [9.17, 15) is 4.79 Å². The van der Waals surface area contributed by atoms with Crippen molar-refractivity contribution in [3.8, 4) is 11.5 Å². The predicted octanol–water partition coefficient (Wildman–Crippen LogP) is 2.08. The number of benzene rings is 1. The highest BCUT2D eigenvalue weighted by Gasteiger charge is 2.26. The van der Waals surface area contributed by atoms with Gasteiger partial charge in [0.25, 0.3) is 0 Å². The van der Waals surface area contributed by atoms with E-state index in [-0.39, 0.29) is 5.78 Å². The number of carbonyl (C=O) groups excluding carboxylic acids is 1. The van der Waals surface area contributed by atoms with Crippen molar-refractivity contribution >= 4 is 5.78 Å². The third-order valence-electron chi connectivity index (χ3n) is 3.49. The molecule has 1 aromatic rings. The zero-order chi connectivity index (χ0) is 11.8. The van der Waals surface area contributed by atoms with Crippen molar-refractivity contribution in [2.75, 3.05) is 13.2 Å². The first-order valence-corrected chi connectivity index (χ1v) is 6.18. The first-order valence-electron chi connectivity index (χ1n) is 6.18. The summed E-state index contributed by atoms with van der Waals surface area (Å²) in [6.45, 7) is 3.15. The van der Waals surface area contributed by atoms with E-state index in [0.29, 0.717) is 6.42 Å². The van der Waals surface area contributed by atoms with E-state index in [1.54, 1.807) is 6.92 Å². The molecule has 2 heterocycles. The molecule has 2 aliphatic rings. The zero-order valence-electron chi connectivity index (χ0n) is 10.0. The van der Waals surface area contributed by atoms with Crippen molar-refractivity contribution in [3.05, 3.63) is 22.8 Å². The summed E-state index contributed by atoms with van der Waals surface area (Å²) in [5.41, 5.74) is 3.71. The second kappa shape index (κ2) is 4.06. The van der Waals surface area contributed by atoms with Crippen molar-refractivity contribution in [2.24, 2.45) is 0 Å². The van der Waals surface area contributed by atoms with E-state index in [0.717, 1.165) is 44.0 Å². The second-order valence-electron chi connectivity index (χ2n) is 4.72. The molecule has 0 unspecified atom stereocenters. The van der Waals surface area contributed by atoms with Gasteiger partial charge in [-0.05, 0) is 19.4 Å². The van der Waals surface area contributed by atoms with Crippen LogP contribution in [0, 0.1) is 0 Å². The van der Waals surface area contributed by atoms with Gasteiger partial charge >= 0.3 is 0 Å². The fourth-order valence-corrected chi connectivity index (χ4v) is 2.65. The number of ketones is 1. The molecular formula is C14H16O3. The minimum atomic E-state index is 0.230. The number of carbonyl (C=O) groups is 1. The standard InChI is InChI=1S/C14H16O3/c1-9(15)2-3-12-11-5-7-16-13(11)8-10-4-6-17-14(10)12/h8H,2-7H2,1H3. The van der Waals surface area contributed by atoms with Crippen LogP contribution in [0.25, 0.3) is 0 Å². The fourth-order valence-electron chi connectivity index (χ4n) is 2.65. The first-order chi connectivity index (χ1) is 8.25. The van der Waals surface area contributed by atoms with E-state index in [1.165, 1.54) is 16.7 Å². The Kier molecular flexibility index (Phi) is 2.54. The van der Waals surface area contributed by atoms with Crippen molar-refractivity contribution in [2.45, 2.75) is 32.6 Å². The summed E-state index contributed by atoms with van der Waals surface area (Å²) < 4.78 is 11.4. The van der Waals surface area contributed by atoms with Gasteiger partial charge in [-0.3, -0.25) is 0 Å². The molecule has 1 aromatic carbocycles. The Morgan fingerprint density at radius 3 is 2.94 bits per heavy atom. The fraction of sp³-hybridized carbons (Fsp3) is 0.500. The van der Waals surface area contributed by atoms with Gasteiger partial charge in [-0.15, -0.1) is 0 Å². The van der Waals surface area contributed by atoms with Crippen LogP contribution in [0.4, 0.5) is 0 Å². The lowest BCUT2D eigenvalue weighted by molar-refractivity contribution is -0.116. The van der Waals surface area contributed by atoms with E-state index < -0.39 is 0 Å². The lowest BCUT2D eigenvalue weighted by Gasteiger charge is -2.12. The lowest BCUT2D eigenvalue weighted by Crippen LogP contribution is -2.00. The van der Waals surface area contributed by atoms with Crippen molar-refractivity contribution in [3.63, 3.8) is 0 Å².